The lowest BCUT2D eigenvalue weighted by atomic mass is 9.96. The van der Waals surface area contributed by atoms with Gasteiger partial charge in [0.2, 0.25) is 0 Å². The van der Waals surface area contributed by atoms with Crippen LogP contribution in [0.5, 0.6) is 0 Å². The fourth-order valence-corrected chi connectivity index (χ4v) is 4.23. The number of hydrogen-bond donors (Lipinski definition) is 2. The van der Waals surface area contributed by atoms with Crippen LogP contribution in [0.25, 0.3) is 0 Å². The van der Waals surface area contributed by atoms with Crippen molar-refractivity contribution in [2.24, 2.45) is 0 Å². The summed E-state index contributed by atoms with van der Waals surface area (Å²) in [5.74, 6) is -0.235. The summed E-state index contributed by atoms with van der Waals surface area (Å²) in [7, 11) is 0. The molecule has 1 heterocycles. The first-order valence-electron chi connectivity index (χ1n) is 12.1. The van der Waals surface area contributed by atoms with Crippen LogP contribution >= 0.6 is 0 Å². The van der Waals surface area contributed by atoms with Crippen LogP contribution in [0, 0.1) is 0 Å². The molecule has 0 radical (unpaired) electrons. The Morgan fingerprint density at radius 3 is 2.00 bits per heavy atom. The zero-order valence-electron chi connectivity index (χ0n) is 19.4. The molecule has 1 atom stereocenters. The van der Waals surface area contributed by atoms with Gasteiger partial charge in [-0.15, -0.1) is 0 Å². The van der Waals surface area contributed by atoms with E-state index in [1.807, 2.05) is 0 Å². The summed E-state index contributed by atoms with van der Waals surface area (Å²) in [5.41, 5.74) is -0.324. The third kappa shape index (κ3) is 12.6. The molecule has 0 aromatic rings. The smallest absolute Gasteiger partial charge is 0.305 e. The Bertz CT molecular complexity index is 427. The molecule has 1 fully saturated rings. The topological polar surface area (TPSA) is 67.8 Å². The van der Waals surface area contributed by atoms with Gasteiger partial charge in [0.1, 0.15) is 12.3 Å². The standard InChI is InChI=1S/C24H47NO4/c1-4-5-6-7-8-9-10-11-12-13-14-17-24(25-23(2,3)21-29-24)18-15-16-22(27)28-20-19-26/h25-26H,4-21H2,1-3H3. The molecule has 0 spiro atoms. The first-order chi connectivity index (χ1) is 13.9. The zero-order valence-corrected chi connectivity index (χ0v) is 19.4. The highest BCUT2D eigenvalue weighted by Crippen LogP contribution is 2.32. The number of carbonyl (C=O) groups excluding carboxylic acids is 1. The van der Waals surface area contributed by atoms with Gasteiger partial charge in [0.05, 0.1) is 13.2 Å². The van der Waals surface area contributed by atoms with E-state index < -0.39 is 0 Å². The molecule has 0 amide bonds. The van der Waals surface area contributed by atoms with Crippen LogP contribution in [-0.2, 0) is 14.3 Å². The SMILES string of the molecule is CCCCCCCCCCCCCC1(CCCC(=O)OCCO)NC(C)(C)CO1. The second-order valence-corrected chi connectivity index (χ2v) is 9.38. The monoisotopic (exact) mass is 413 g/mol. The maximum absolute atomic E-state index is 11.7. The van der Waals surface area contributed by atoms with E-state index in [1.54, 1.807) is 0 Å². The third-order valence-corrected chi connectivity index (χ3v) is 5.78. The highest BCUT2D eigenvalue weighted by atomic mass is 16.5. The van der Waals surface area contributed by atoms with E-state index >= 15 is 0 Å². The second-order valence-electron chi connectivity index (χ2n) is 9.38. The average Bonchev–Trinajstić information content (AvgIpc) is 2.99. The lowest BCUT2D eigenvalue weighted by molar-refractivity contribution is -0.145. The Morgan fingerprint density at radius 2 is 1.48 bits per heavy atom. The molecular weight excluding hydrogens is 366 g/mol. The summed E-state index contributed by atoms with van der Waals surface area (Å²) < 4.78 is 11.2. The summed E-state index contributed by atoms with van der Waals surface area (Å²) in [6, 6.07) is 0. The van der Waals surface area contributed by atoms with Gasteiger partial charge in [0, 0.05) is 12.0 Å². The van der Waals surface area contributed by atoms with E-state index in [0.717, 1.165) is 25.7 Å². The molecule has 0 aliphatic carbocycles. The van der Waals surface area contributed by atoms with E-state index in [4.69, 9.17) is 14.6 Å². The van der Waals surface area contributed by atoms with Crippen LogP contribution in [-0.4, -0.2) is 42.2 Å². The lowest BCUT2D eigenvalue weighted by Crippen LogP contribution is -2.48. The number of aliphatic hydroxyl groups is 1. The molecule has 0 bridgehead atoms. The minimum atomic E-state index is -0.306. The maximum atomic E-state index is 11.7. The van der Waals surface area contributed by atoms with Gasteiger partial charge in [-0.2, -0.15) is 0 Å². The molecular formula is C24H47NO4. The third-order valence-electron chi connectivity index (χ3n) is 5.78. The van der Waals surface area contributed by atoms with Crippen LogP contribution in [0.2, 0.25) is 0 Å². The molecule has 0 aromatic heterocycles. The van der Waals surface area contributed by atoms with E-state index in [0.29, 0.717) is 13.0 Å². The number of unbranched alkanes of at least 4 members (excludes halogenated alkanes) is 10. The summed E-state index contributed by atoms with van der Waals surface area (Å²) >= 11 is 0. The Kier molecular flexibility index (Phi) is 13.8. The predicted octanol–water partition coefficient (Wildman–Crippen LogP) is 5.49. The average molecular weight is 414 g/mol. The van der Waals surface area contributed by atoms with Gasteiger partial charge in [-0.05, 0) is 39.5 Å². The number of nitrogens with one attached hydrogen (secondary N) is 1. The van der Waals surface area contributed by atoms with Crippen molar-refractivity contribution in [3.8, 4) is 0 Å². The largest absolute Gasteiger partial charge is 0.463 e. The van der Waals surface area contributed by atoms with E-state index in [2.05, 4.69) is 26.1 Å². The molecule has 5 heteroatoms. The lowest BCUT2D eigenvalue weighted by Gasteiger charge is -2.31. The quantitative estimate of drug-likeness (QED) is 0.230. The van der Waals surface area contributed by atoms with Gasteiger partial charge in [0.25, 0.3) is 0 Å². The van der Waals surface area contributed by atoms with Crippen molar-refractivity contribution in [1.82, 2.24) is 5.32 Å². The molecule has 1 aliphatic heterocycles. The number of esters is 1. The molecule has 1 unspecified atom stereocenters. The molecule has 172 valence electrons. The van der Waals surface area contributed by atoms with Crippen molar-refractivity contribution < 1.29 is 19.4 Å². The molecule has 0 saturated carbocycles. The number of aliphatic hydroxyl groups excluding tert-OH is 1. The Hall–Kier alpha value is -0.650. The van der Waals surface area contributed by atoms with Crippen LogP contribution in [0.1, 0.15) is 117 Å². The molecule has 0 aromatic carbocycles. The van der Waals surface area contributed by atoms with Crippen molar-refractivity contribution >= 4 is 5.97 Å². The highest BCUT2D eigenvalue weighted by Gasteiger charge is 2.42. The summed E-state index contributed by atoms with van der Waals surface area (Å²) in [4.78, 5) is 11.7. The first kappa shape index (κ1) is 26.4. The zero-order chi connectivity index (χ0) is 21.4. The van der Waals surface area contributed by atoms with E-state index in [9.17, 15) is 4.79 Å². The molecule has 2 N–H and O–H groups in total. The van der Waals surface area contributed by atoms with Crippen LogP contribution in [0.3, 0.4) is 0 Å². The van der Waals surface area contributed by atoms with E-state index in [-0.39, 0.29) is 30.4 Å². The van der Waals surface area contributed by atoms with Gasteiger partial charge in [-0.25, -0.2) is 0 Å². The van der Waals surface area contributed by atoms with Gasteiger partial charge < -0.3 is 14.6 Å². The van der Waals surface area contributed by atoms with Gasteiger partial charge in [0.15, 0.2) is 0 Å². The van der Waals surface area contributed by atoms with Gasteiger partial charge in [-0.1, -0.05) is 71.1 Å². The molecule has 1 rings (SSSR count). The number of carbonyl (C=O) groups is 1. The number of rotatable bonds is 18. The fraction of sp³-hybridized carbons (Fsp3) is 0.958. The van der Waals surface area contributed by atoms with Crippen molar-refractivity contribution in [1.29, 1.82) is 0 Å². The van der Waals surface area contributed by atoms with Crippen molar-refractivity contribution in [2.45, 2.75) is 128 Å². The van der Waals surface area contributed by atoms with Crippen LogP contribution < -0.4 is 5.32 Å². The normalized spacial score (nSPS) is 20.8. The van der Waals surface area contributed by atoms with E-state index in [1.165, 1.54) is 64.2 Å². The molecule has 29 heavy (non-hydrogen) atoms. The van der Waals surface area contributed by atoms with Crippen molar-refractivity contribution in [2.75, 3.05) is 19.8 Å². The summed E-state index contributed by atoms with van der Waals surface area (Å²) in [6.07, 6.45) is 17.7. The Labute approximate surface area is 179 Å². The highest BCUT2D eigenvalue weighted by molar-refractivity contribution is 5.69. The summed E-state index contributed by atoms with van der Waals surface area (Å²) in [6.45, 7) is 7.29. The number of ether oxygens (including phenoxy) is 2. The Balaban J connectivity index is 2.19. The van der Waals surface area contributed by atoms with Gasteiger partial charge in [-0.3, -0.25) is 10.1 Å². The molecule has 1 aliphatic rings. The minimum Gasteiger partial charge on any atom is -0.463 e. The van der Waals surface area contributed by atoms with Crippen molar-refractivity contribution in [3.63, 3.8) is 0 Å². The minimum absolute atomic E-state index is 0.0187. The predicted molar refractivity (Wildman–Crippen MR) is 119 cm³/mol. The Morgan fingerprint density at radius 1 is 0.931 bits per heavy atom. The maximum Gasteiger partial charge on any atom is 0.305 e. The van der Waals surface area contributed by atoms with Crippen LogP contribution in [0.4, 0.5) is 0 Å². The molecule has 1 saturated heterocycles. The summed E-state index contributed by atoms with van der Waals surface area (Å²) in [5, 5.41) is 12.4. The second kappa shape index (κ2) is 15.2. The van der Waals surface area contributed by atoms with Crippen molar-refractivity contribution in [3.05, 3.63) is 0 Å². The first-order valence-corrected chi connectivity index (χ1v) is 12.1. The van der Waals surface area contributed by atoms with Gasteiger partial charge >= 0.3 is 5.97 Å². The fourth-order valence-electron chi connectivity index (χ4n) is 4.23. The van der Waals surface area contributed by atoms with Crippen LogP contribution in [0.15, 0.2) is 0 Å². The number of hydrogen-bond acceptors (Lipinski definition) is 5. The molecule has 5 nitrogen and oxygen atoms in total.